The standard InChI is InChI=1S/C15H21N3/c1-3-18-9-8-17(11-13(18)2)12-15-6-4-14(10-16)5-7-15/h4-7,13H,3,8-9,11-12H2,1-2H3. The van der Waals surface area contributed by atoms with Crippen LogP contribution in [0, 0.1) is 11.3 Å². The topological polar surface area (TPSA) is 30.3 Å². The highest BCUT2D eigenvalue weighted by molar-refractivity contribution is 5.31. The zero-order valence-corrected chi connectivity index (χ0v) is 11.3. The predicted molar refractivity (Wildman–Crippen MR) is 73.1 cm³/mol. The molecule has 3 heteroatoms. The Morgan fingerprint density at radius 3 is 2.56 bits per heavy atom. The molecule has 1 aromatic rings. The first kappa shape index (κ1) is 13.1. The molecule has 18 heavy (non-hydrogen) atoms. The van der Waals surface area contributed by atoms with Crippen molar-refractivity contribution in [2.75, 3.05) is 26.2 Å². The second kappa shape index (κ2) is 5.99. The van der Waals surface area contributed by atoms with Crippen LogP contribution in [0.3, 0.4) is 0 Å². The number of piperazine rings is 1. The minimum atomic E-state index is 0.641. The fraction of sp³-hybridized carbons (Fsp3) is 0.533. The number of hydrogen-bond donors (Lipinski definition) is 0. The van der Waals surface area contributed by atoms with Gasteiger partial charge in [0.05, 0.1) is 11.6 Å². The van der Waals surface area contributed by atoms with Crippen LogP contribution in [0.1, 0.15) is 25.0 Å². The number of hydrogen-bond acceptors (Lipinski definition) is 3. The van der Waals surface area contributed by atoms with E-state index < -0.39 is 0 Å². The molecule has 2 rings (SSSR count). The molecule has 0 N–H and O–H groups in total. The summed E-state index contributed by atoms with van der Waals surface area (Å²) in [5.41, 5.74) is 2.04. The van der Waals surface area contributed by atoms with Gasteiger partial charge in [0, 0.05) is 32.2 Å². The van der Waals surface area contributed by atoms with Gasteiger partial charge in [-0.25, -0.2) is 0 Å². The van der Waals surface area contributed by atoms with Crippen molar-refractivity contribution in [3.8, 4) is 6.07 Å². The summed E-state index contributed by atoms with van der Waals surface area (Å²) in [6.45, 7) is 10.1. The summed E-state index contributed by atoms with van der Waals surface area (Å²) in [4.78, 5) is 5.02. The molecule has 0 saturated carbocycles. The molecule has 0 aliphatic carbocycles. The van der Waals surface area contributed by atoms with Crippen LogP contribution in [0.25, 0.3) is 0 Å². The molecule has 1 unspecified atom stereocenters. The Labute approximate surface area is 110 Å². The number of likely N-dealkylation sites (N-methyl/N-ethyl adjacent to an activating group) is 1. The molecule has 1 fully saturated rings. The van der Waals surface area contributed by atoms with Gasteiger partial charge < -0.3 is 0 Å². The van der Waals surface area contributed by atoms with Crippen molar-refractivity contribution in [1.29, 1.82) is 5.26 Å². The van der Waals surface area contributed by atoms with Crippen molar-refractivity contribution in [1.82, 2.24) is 9.80 Å². The van der Waals surface area contributed by atoms with Crippen LogP contribution in [0.15, 0.2) is 24.3 Å². The summed E-state index contributed by atoms with van der Waals surface area (Å²) in [6.07, 6.45) is 0. The van der Waals surface area contributed by atoms with E-state index in [1.54, 1.807) is 0 Å². The minimum absolute atomic E-state index is 0.641. The van der Waals surface area contributed by atoms with Crippen LogP contribution in [0.4, 0.5) is 0 Å². The first-order valence-corrected chi connectivity index (χ1v) is 6.68. The molecule has 96 valence electrons. The zero-order valence-electron chi connectivity index (χ0n) is 11.3. The summed E-state index contributed by atoms with van der Waals surface area (Å²) >= 11 is 0. The molecule has 0 spiro atoms. The molecule has 1 aliphatic rings. The van der Waals surface area contributed by atoms with E-state index in [1.165, 1.54) is 5.56 Å². The first-order chi connectivity index (χ1) is 8.72. The molecule has 0 radical (unpaired) electrons. The van der Waals surface area contributed by atoms with Gasteiger partial charge in [0.25, 0.3) is 0 Å². The third-order valence-corrected chi connectivity index (χ3v) is 3.74. The first-order valence-electron chi connectivity index (χ1n) is 6.68. The Balaban J connectivity index is 1.92. The van der Waals surface area contributed by atoms with E-state index in [9.17, 15) is 0 Å². The van der Waals surface area contributed by atoms with E-state index in [-0.39, 0.29) is 0 Å². The van der Waals surface area contributed by atoms with Gasteiger partial charge in [-0.1, -0.05) is 19.1 Å². The summed E-state index contributed by atoms with van der Waals surface area (Å²) in [6, 6.07) is 10.7. The average molecular weight is 243 g/mol. The lowest BCUT2D eigenvalue weighted by Crippen LogP contribution is -2.51. The van der Waals surface area contributed by atoms with Crippen LogP contribution in [0.2, 0.25) is 0 Å². The van der Waals surface area contributed by atoms with Crippen molar-refractivity contribution in [3.63, 3.8) is 0 Å². The van der Waals surface area contributed by atoms with E-state index in [0.29, 0.717) is 6.04 Å². The number of benzene rings is 1. The highest BCUT2D eigenvalue weighted by Crippen LogP contribution is 2.13. The van der Waals surface area contributed by atoms with Gasteiger partial charge in [-0.15, -0.1) is 0 Å². The molecular weight excluding hydrogens is 222 g/mol. The smallest absolute Gasteiger partial charge is 0.0991 e. The molecule has 1 saturated heterocycles. The molecule has 0 bridgehead atoms. The van der Waals surface area contributed by atoms with Gasteiger partial charge in [-0.2, -0.15) is 5.26 Å². The monoisotopic (exact) mass is 243 g/mol. The molecular formula is C15H21N3. The molecule has 1 aliphatic heterocycles. The van der Waals surface area contributed by atoms with Crippen LogP contribution in [-0.2, 0) is 6.54 Å². The van der Waals surface area contributed by atoms with E-state index in [2.05, 4.69) is 41.8 Å². The van der Waals surface area contributed by atoms with Gasteiger partial charge in [0.1, 0.15) is 0 Å². The number of nitrogens with zero attached hydrogens (tertiary/aromatic N) is 3. The Bertz CT molecular complexity index is 418. The van der Waals surface area contributed by atoms with Gasteiger partial charge in [-0.05, 0) is 31.2 Å². The maximum Gasteiger partial charge on any atom is 0.0991 e. The lowest BCUT2D eigenvalue weighted by atomic mass is 10.1. The van der Waals surface area contributed by atoms with Gasteiger partial charge in [-0.3, -0.25) is 9.80 Å². The maximum atomic E-state index is 8.78. The summed E-state index contributed by atoms with van der Waals surface area (Å²) < 4.78 is 0. The molecule has 0 aromatic heterocycles. The van der Waals surface area contributed by atoms with Crippen LogP contribution in [0.5, 0.6) is 0 Å². The quantitative estimate of drug-likeness (QED) is 0.814. The molecule has 1 aromatic carbocycles. The second-order valence-electron chi connectivity index (χ2n) is 5.02. The lowest BCUT2D eigenvalue weighted by Gasteiger charge is -2.39. The normalized spacial score (nSPS) is 21.7. The lowest BCUT2D eigenvalue weighted by molar-refractivity contribution is 0.0834. The maximum absolute atomic E-state index is 8.78. The fourth-order valence-corrected chi connectivity index (χ4v) is 2.63. The van der Waals surface area contributed by atoms with Gasteiger partial charge in [0.15, 0.2) is 0 Å². The van der Waals surface area contributed by atoms with Crippen LogP contribution >= 0.6 is 0 Å². The summed E-state index contributed by atoms with van der Waals surface area (Å²) in [5, 5.41) is 8.78. The Morgan fingerprint density at radius 1 is 1.28 bits per heavy atom. The third kappa shape index (κ3) is 3.10. The molecule has 3 nitrogen and oxygen atoms in total. The Hall–Kier alpha value is -1.37. The largest absolute Gasteiger partial charge is 0.298 e. The molecule has 1 heterocycles. The SMILES string of the molecule is CCN1CCN(Cc2ccc(C#N)cc2)CC1C. The van der Waals surface area contributed by atoms with E-state index in [1.807, 2.05) is 12.1 Å². The van der Waals surface area contributed by atoms with E-state index in [0.717, 1.165) is 38.3 Å². The summed E-state index contributed by atoms with van der Waals surface area (Å²) in [5.74, 6) is 0. The van der Waals surface area contributed by atoms with Crippen molar-refractivity contribution >= 4 is 0 Å². The van der Waals surface area contributed by atoms with Crippen molar-refractivity contribution in [3.05, 3.63) is 35.4 Å². The fourth-order valence-electron chi connectivity index (χ4n) is 2.63. The van der Waals surface area contributed by atoms with Gasteiger partial charge in [0.2, 0.25) is 0 Å². The second-order valence-corrected chi connectivity index (χ2v) is 5.02. The number of rotatable bonds is 3. The van der Waals surface area contributed by atoms with E-state index in [4.69, 9.17) is 5.26 Å². The predicted octanol–water partition coefficient (Wildman–Crippen LogP) is 2.08. The van der Waals surface area contributed by atoms with Crippen molar-refractivity contribution in [2.24, 2.45) is 0 Å². The van der Waals surface area contributed by atoms with E-state index >= 15 is 0 Å². The van der Waals surface area contributed by atoms with Crippen LogP contribution in [-0.4, -0.2) is 42.0 Å². The van der Waals surface area contributed by atoms with Crippen LogP contribution < -0.4 is 0 Å². The molecule has 0 amide bonds. The Morgan fingerprint density at radius 2 is 2.00 bits per heavy atom. The minimum Gasteiger partial charge on any atom is -0.298 e. The highest BCUT2D eigenvalue weighted by atomic mass is 15.3. The summed E-state index contributed by atoms with van der Waals surface area (Å²) in [7, 11) is 0. The number of nitriles is 1. The molecule has 1 atom stereocenters. The van der Waals surface area contributed by atoms with Gasteiger partial charge >= 0.3 is 0 Å². The highest BCUT2D eigenvalue weighted by Gasteiger charge is 2.21. The third-order valence-electron chi connectivity index (χ3n) is 3.74. The average Bonchev–Trinajstić information content (AvgIpc) is 2.40. The van der Waals surface area contributed by atoms with Crippen molar-refractivity contribution in [2.45, 2.75) is 26.4 Å². The Kier molecular flexibility index (Phi) is 4.35. The van der Waals surface area contributed by atoms with Crippen molar-refractivity contribution < 1.29 is 0 Å². The zero-order chi connectivity index (χ0) is 13.0.